The molecule has 3 aromatic rings. The van der Waals surface area contributed by atoms with E-state index < -0.39 is 5.91 Å². The maximum Gasteiger partial charge on any atom is 0.273 e. The molecule has 0 saturated carbocycles. The van der Waals surface area contributed by atoms with E-state index in [2.05, 4.69) is 25.9 Å². The van der Waals surface area contributed by atoms with E-state index in [1.807, 2.05) is 18.2 Å². The zero-order valence-corrected chi connectivity index (χ0v) is 16.9. The molecule has 4 rings (SSSR count). The van der Waals surface area contributed by atoms with Gasteiger partial charge in [-0.3, -0.25) is 9.59 Å². The molecule has 1 aliphatic rings. The van der Waals surface area contributed by atoms with Gasteiger partial charge in [0.25, 0.3) is 11.8 Å². The first-order valence-electron chi connectivity index (χ1n) is 9.78. The Labute approximate surface area is 179 Å². The van der Waals surface area contributed by atoms with Crippen LogP contribution in [0.3, 0.4) is 0 Å². The number of nitrogens with two attached hydrogens (primary N) is 1. The Kier molecular flexibility index (Phi) is 5.65. The molecule has 158 valence electrons. The van der Waals surface area contributed by atoms with E-state index in [4.69, 9.17) is 10.5 Å². The molecule has 5 N–H and O–H groups in total. The fraction of sp³-hybridized carbons (Fsp3) is 0.182. The van der Waals surface area contributed by atoms with Crippen molar-refractivity contribution in [2.24, 2.45) is 0 Å². The summed E-state index contributed by atoms with van der Waals surface area (Å²) >= 11 is 0. The minimum absolute atomic E-state index is 0.0415. The maximum atomic E-state index is 12.7. The van der Waals surface area contributed by atoms with Crippen molar-refractivity contribution in [1.82, 2.24) is 20.6 Å². The van der Waals surface area contributed by atoms with Crippen LogP contribution in [0.1, 0.15) is 26.4 Å². The molecule has 0 aliphatic carbocycles. The molecular weight excluding hydrogens is 396 g/mol. The summed E-state index contributed by atoms with van der Waals surface area (Å²) in [6, 6.07) is 12.7. The molecule has 0 atom stereocenters. The molecule has 0 unspecified atom stereocenters. The third-order valence-electron chi connectivity index (χ3n) is 4.84. The number of ether oxygens (including phenoxy) is 1. The van der Waals surface area contributed by atoms with Crippen LogP contribution in [0.15, 0.2) is 48.7 Å². The van der Waals surface area contributed by atoms with Gasteiger partial charge in [0.15, 0.2) is 11.5 Å². The van der Waals surface area contributed by atoms with Gasteiger partial charge in [-0.2, -0.15) is 0 Å². The summed E-state index contributed by atoms with van der Waals surface area (Å²) in [5, 5.41) is 8.69. The Morgan fingerprint density at radius 1 is 1.19 bits per heavy atom. The first-order valence-corrected chi connectivity index (χ1v) is 9.78. The van der Waals surface area contributed by atoms with Gasteiger partial charge in [-0.05, 0) is 29.8 Å². The fourth-order valence-corrected chi connectivity index (χ4v) is 3.22. The van der Waals surface area contributed by atoms with Crippen molar-refractivity contribution in [2.45, 2.75) is 6.54 Å². The second-order valence-electron chi connectivity index (χ2n) is 6.94. The topological polar surface area (TPSA) is 131 Å². The van der Waals surface area contributed by atoms with Crippen LogP contribution in [0.4, 0.5) is 11.5 Å². The van der Waals surface area contributed by atoms with Crippen LogP contribution in [0, 0.1) is 0 Å². The standard InChI is InChI=1S/C22H22N6O3/c1-24-22(30)19-20(23)26-12-17(28-19)14-3-2-4-15(10-14)21(29)27-11-13-5-6-18-16(9-13)25-7-8-31-18/h2-6,9-10,12,25H,7-8,11H2,1H3,(H2,23,26)(H,24,30)(H,27,29). The lowest BCUT2D eigenvalue weighted by Gasteiger charge is -2.19. The van der Waals surface area contributed by atoms with Crippen LogP contribution >= 0.6 is 0 Å². The zero-order chi connectivity index (χ0) is 21.8. The minimum Gasteiger partial charge on any atom is -0.490 e. The van der Waals surface area contributed by atoms with Gasteiger partial charge >= 0.3 is 0 Å². The Morgan fingerprint density at radius 2 is 2.06 bits per heavy atom. The van der Waals surface area contributed by atoms with Crippen LogP contribution in [-0.2, 0) is 6.54 Å². The second kappa shape index (κ2) is 8.70. The van der Waals surface area contributed by atoms with E-state index in [1.54, 1.807) is 24.3 Å². The first-order chi connectivity index (χ1) is 15.0. The summed E-state index contributed by atoms with van der Waals surface area (Å²) in [6.07, 6.45) is 1.47. The average Bonchev–Trinajstić information content (AvgIpc) is 2.82. The van der Waals surface area contributed by atoms with Gasteiger partial charge in [-0.25, -0.2) is 9.97 Å². The molecular formula is C22H22N6O3. The predicted octanol–water partition coefficient (Wildman–Crippen LogP) is 1.82. The highest BCUT2D eigenvalue weighted by atomic mass is 16.5. The van der Waals surface area contributed by atoms with Gasteiger partial charge in [0.2, 0.25) is 0 Å². The van der Waals surface area contributed by atoms with Gasteiger partial charge in [-0.15, -0.1) is 0 Å². The zero-order valence-electron chi connectivity index (χ0n) is 16.9. The van der Waals surface area contributed by atoms with E-state index in [9.17, 15) is 9.59 Å². The minimum atomic E-state index is -0.425. The van der Waals surface area contributed by atoms with E-state index in [0.717, 1.165) is 23.5 Å². The molecule has 0 bridgehead atoms. The number of benzene rings is 2. The summed E-state index contributed by atoms with van der Waals surface area (Å²) in [6.45, 7) is 1.77. The molecule has 2 aromatic carbocycles. The molecule has 0 fully saturated rings. The number of nitrogens with zero attached hydrogens (tertiary/aromatic N) is 2. The Morgan fingerprint density at radius 3 is 2.90 bits per heavy atom. The van der Waals surface area contributed by atoms with Crippen LogP contribution < -0.4 is 26.4 Å². The number of amides is 2. The molecule has 1 aromatic heterocycles. The molecule has 2 heterocycles. The monoisotopic (exact) mass is 418 g/mol. The smallest absolute Gasteiger partial charge is 0.273 e. The van der Waals surface area contributed by atoms with Crippen LogP contribution in [0.5, 0.6) is 5.75 Å². The second-order valence-corrected chi connectivity index (χ2v) is 6.94. The van der Waals surface area contributed by atoms with E-state index in [-0.39, 0.29) is 17.4 Å². The fourth-order valence-electron chi connectivity index (χ4n) is 3.22. The number of carbonyl (C=O) groups excluding carboxylic acids is 2. The molecule has 0 radical (unpaired) electrons. The van der Waals surface area contributed by atoms with Crippen molar-refractivity contribution in [2.75, 3.05) is 31.2 Å². The third-order valence-corrected chi connectivity index (χ3v) is 4.84. The summed E-state index contributed by atoms with van der Waals surface area (Å²) in [7, 11) is 1.49. The highest BCUT2D eigenvalue weighted by Crippen LogP contribution is 2.28. The van der Waals surface area contributed by atoms with Crippen molar-refractivity contribution in [3.63, 3.8) is 0 Å². The lowest BCUT2D eigenvalue weighted by molar-refractivity contribution is 0.0945. The number of carbonyl (C=O) groups is 2. The number of fused-ring (bicyclic) bond motifs is 1. The van der Waals surface area contributed by atoms with Crippen molar-refractivity contribution >= 4 is 23.3 Å². The van der Waals surface area contributed by atoms with Crippen molar-refractivity contribution in [3.05, 3.63) is 65.5 Å². The SMILES string of the molecule is CNC(=O)c1nc(-c2cccc(C(=O)NCc3ccc4c(c3)NCCO4)c2)cnc1N. The predicted molar refractivity (Wildman–Crippen MR) is 117 cm³/mol. The normalized spacial score (nSPS) is 12.2. The molecule has 1 aliphatic heterocycles. The van der Waals surface area contributed by atoms with Crippen LogP contribution in [0.25, 0.3) is 11.3 Å². The maximum absolute atomic E-state index is 12.7. The lowest BCUT2D eigenvalue weighted by Crippen LogP contribution is -2.23. The summed E-state index contributed by atoms with van der Waals surface area (Å²) < 4.78 is 5.57. The number of nitrogens with one attached hydrogen (secondary N) is 3. The summed E-state index contributed by atoms with van der Waals surface area (Å²) in [5.74, 6) is 0.209. The van der Waals surface area contributed by atoms with Gasteiger partial charge in [-0.1, -0.05) is 18.2 Å². The molecule has 9 nitrogen and oxygen atoms in total. The van der Waals surface area contributed by atoms with Crippen molar-refractivity contribution in [1.29, 1.82) is 0 Å². The Hall–Kier alpha value is -4.14. The first kappa shape index (κ1) is 20.1. The third kappa shape index (κ3) is 4.40. The summed E-state index contributed by atoms with van der Waals surface area (Å²) in [4.78, 5) is 33.0. The van der Waals surface area contributed by atoms with E-state index in [1.165, 1.54) is 13.2 Å². The largest absolute Gasteiger partial charge is 0.490 e. The quantitative estimate of drug-likeness (QED) is 0.497. The van der Waals surface area contributed by atoms with E-state index in [0.29, 0.717) is 30.0 Å². The Balaban J connectivity index is 1.49. The van der Waals surface area contributed by atoms with Gasteiger partial charge < -0.3 is 26.4 Å². The number of anilines is 2. The molecule has 0 spiro atoms. The van der Waals surface area contributed by atoms with Crippen LogP contribution in [-0.4, -0.2) is 42.0 Å². The highest BCUT2D eigenvalue weighted by Gasteiger charge is 2.15. The van der Waals surface area contributed by atoms with E-state index >= 15 is 0 Å². The van der Waals surface area contributed by atoms with Gasteiger partial charge in [0.1, 0.15) is 12.4 Å². The molecule has 31 heavy (non-hydrogen) atoms. The number of nitrogen functional groups attached to an aromatic ring is 1. The molecule has 0 saturated heterocycles. The molecule has 9 heteroatoms. The Bertz CT molecular complexity index is 1150. The molecule has 2 amide bonds. The lowest BCUT2D eigenvalue weighted by atomic mass is 10.1. The van der Waals surface area contributed by atoms with Crippen molar-refractivity contribution in [3.8, 4) is 17.0 Å². The highest BCUT2D eigenvalue weighted by molar-refractivity contribution is 5.97. The number of rotatable bonds is 5. The average molecular weight is 418 g/mol. The number of aromatic nitrogens is 2. The van der Waals surface area contributed by atoms with Gasteiger partial charge in [0, 0.05) is 31.3 Å². The van der Waals surface area contributed by atoms with Crippen molar-refractivity contribution < 1.29 is 14.3 Å². The number of hydrogen-bond donors (Lipinski definition) is 4. The van der Waals surface area contributed by atoms with Gasteiger partial charge in [0.05, 0.1) is 17.6 Å². The van der Waals surface area contributed by atoms with Crippen LogP contribution in [0.2, 0.25) is 0 Å². The number of hydrogen-bond acceptors (Lipinski definition) is 7. The summed E-state index contributed by atoms with van der Waals surface area (Å²) in [5.41, 5.74) is 9.24.